The van der Waals surface area contributed by atoms with E-state index in [0.29, 0.717) is 11.7 Å². The van der Waals surface area contributed by atoms with Gasteiger partial charge in [0.1, 0.15) is 23.0 Å². The zero-order valence-electron chi connectivity index (χ0n) is 20.1. The third-order valence-electron chi connectivity index (χ3n) is 5.86. The second-order valence-corrected chi connectivity index (χ2v) is 8.64. The molecule has 5 aromatic rings. The molecule has 1 N–H and O–H groups in total. The van der Waals surface area contributed by atoms with Crippen LogP contribution in [0.3, 0.4) is 0 Å². The van der Waals surface area contributed by atoms with Crippen LogP contribution in [0.4, 0.5) is 15.9 Å². The van der Waals surface area contributed by atoms with Crippen LogP contribution >= 0.6 is 0 Å². The Morgan fingerprint density at radius 3 is 2.46 bits per heavy atom. The first kappa shape index (κ1) is 22.5. The number of nitrogens with one attached hydrogen (secondary N) is 1. The molecule has 35 heavy (non-hydrogen) atoms. The first-order chi connectivity index (χ1) is 16.9. The Labute approximate surface area is 203 Å². The average Bonchev–Trinajstić information content (AvgIpc) is 3.25. The summed E-state index contributed by atoms with van der Waals surface area (Å²) in [6, 6.07) is 20.5. The third kappa shape index (κ3) is 4.33. The number of hydrogen-bond acceptors (Lipinski definition) is 5. The van der Waals surface area contributed by atoms with Crippen LogP contribution in [-0.2, 0) is 0 Å². The van der Waals surface area contributed by atoms with E-state index in [0.717, 1.165) is 44.9 Å². The predicted octanol–water partition coefficient (Wildman–Crippen LogP) is 6.94. The second-order valence-electron chi connectivity index (χ2n) is 8.64. The summed E-state index contributed by atoms with van der Waals surface area (Å²) in [6.45, 7) is 6.18. The standard InChI is InChI=1S/C28H26FN5O/c1-17(2)34-24-7-5-6-23(26(24)33-27(34)19-8-10-21(29)11-9-19)31-25-13-12-22(28(32-25)35-4)20-14-15-30-18(3)16-20/h5-17H,1-4H3,(H,31,32). The third-order valence-corrected chi connectivity index (χ3v) is 5.86. The molecule has 0 aliphatic carbocycles. The molecule has 0 saturated heterocycles. The number of benzene rings is 2. The lowest BCUT2D eigenvalue weighted by molar-refractivity contribution is 0.400. The first-order valence-electron chi connectivity index (χ1n) is 11.5. The molecule has 0 unspecified atom stereocenters. The highest BCUT2D eigenvalue weighted by Crippen LogP contribution is 2.35. The van der Waals surface area contributed by atoms with Gasteiger partial charge in [0.15, 0.2) is 0 Å². The van der Waals surface area contributed by atoms with E-state index in [9.17, 15) is 4.39 Å². The number of hydrogen-bond donors (Lipinski definition) is 1. The van der Waals surface area contributed by atoms with Gasteiger partial charge in [-0.25, -0.2) is 9.37 Å². The molecule has 0 saturated carbocycles. The Morgan fingerprint density at radius 1 is 0.943 bits per heavy atom. The Balaban J connectivity index is 1.57. The molecular formula is C28H26FN5O. The number of pyridine rings is 2. The Morgan fingerprint density at radius 2 is 1.74 bits per heavy atom. The summed E-state index contributed by atoms with van der Waals surface area (Å²) in [5.41, 5.74) is 6.30. The second kappa shape index (κ2) is 9.18. The van der Waals surface area contributed by atoms with Crippen molar-refractivity contribution in [3.05, 3.63) is 84.4 Å². The van der Waals surface area contributed by atoms with Crippen LogP contribution in [-0.4, -0.2) is 26.6 Å². The average molecular weight is 468 g/mol. The molecular weight excluding hydrogens is 441 g/mol. The zero-order chi connectivity index (χ0) is 24.5. The number of fused-ring (bicyclic) bond motifs is 1. The maximum atomic E-state index is 13.5. The predicted molar refractivity (Wildman–Crippen MR) is 138 cm³/mol. The van der Waals surface area contributed by atoms with Crippen LogP contribution in [0, 0.1) is 12.7 Å². The van der Waals surface area contributed by atoms with Crippen molar-refractivity contribution in [3.63, 3.8) is 0 Å². The Hall–Kier alpha value is -4.26. The van der Waals surface area contributed by atoms with Crippen LogP contribution < -0.4 is 10.1 Å². The number of anilines is 2. The highest BCUT2D eigenvalue weighted by atomic mass is 19.1. The fraction of sp³-hybridized carbons (Fsp3) is 0.179. The number of methoxy groups -OCH3 is 1. The minimum Gasteiger partial charge on any atom is -0.480 e. The number of aryl methyl sites for hydroxylation is 1. The fourth-order valence-electron chi connectivity index (χ4n) is 4.28. The van der Waals surface area contributed by atoms with Gasteiger partial charge >= 0.3 is 0 Å². The summed E-state index contributed by atoms with van der Waals surface area (Å²) in [6.07, 6.45) is 1.78. The van der Waals surface area contributed by atoms with E-state index in [1.54, 1.807) is 25.4 Å². The van der Waals surface area contributed by atoms with Gasteiger partial charge < -0.3 is 14.6 Å². The number of rotatable bonds is 6. The van der Waals surface area contributed by atoms with E-state index in [-0.39, 0.29) is 11.9 Å². The van der Waals surface area contributed by atoms with Gasteiger partial charge in [-0.15, -0.1) is 0 Å². The number of aromatic nitrogens is 4. The molecule has 5 rings (SSSR count). The number of ether oxygens (including phenoxy) is 1. The first-order valence-corrected chi connectivity index (χ1v) is 11.5. The molecule has 0 spiro atoms. The molecule has 176 valence electrons. The molecule has 0 bridgehead atoms. The molecule has 0 radical (unpaired) electrons. The molecule has 3 aromatic heterocycles. The summed E-state index contributed by atoms with van der Waals surface area (Å²) >= 11 is 0. The van der Waals surface area contributed by atoms with Crippen molar-refractivity contribution in [2.45, 2.75) is 26.8 Å². The summed E-state index contributed by atoms with van der Waals surface area (Å²) in [5, 5.41) is 3.41. The van der Waals surface area contributed by atoms with Gasteiger partial charge in [0, 0.05) is 29.1 Å². The topological polar surface area (TPSA) is 64.9 Å². The van der Waals surface area contributed by atoms with E-state index >= 15 is 0 Å². The zero-order valence-corrected chi connectivity index (χ0v) is 20.1. The number of imidazole rings is 1. The highest BCUT2D eigenvalue weighted by molar-refractivity contribution is 5.93. The fourth-order valence-corrected chi connectivity index (χ4v) is 4.28. The summed E-state index contributed by atoms with van der Waals surface area (Å²) in [4.78, 5) is 13.9. The normalized spacial score (nSPS) is 11.3. The van der Waals surface area contributed by atoms with Crippen LogP contribution in [0.2, 0.25) is 0 Å². The number of para-hydroxylation sites is 1. The van der Waals surface area contributed by atoms with Crippen LogP contribution in [0.25, 0.3) is 33.5 Å². The Kier molecular flexibility index (Phi) is 5.91. The molecule has 6 nitrogen and oxygen atoms in total. The molecule has 3 heterocycles. The maximum Gasteiger partial charge on any atom is 0.223 e. The molecule has 7 heteroatoms. The van der Waals surface area contributed by atoms with Gasteiger partial charge in [0.25, 0.3) is 0 Å². The van der Waals surface area contributed by atoms with Crippen molar-refractivity contribution in [2.24, 2.45) is 0 Å². The number of halogens is 1. The van der Waals surface area contributed by atoms with E-state index in [1.807, 2.05) is 49.4 Å². The number of nitrogens with zero attached hydrogens (tertiary/aromatic N) is 4. The minimum absolute atomic E-state index is 0.164. The summed E-state index contributed by atoms with van der Waals surface area (Å²) in [5.74, 6) is 1.69. The van der Waals surface area contributed by atoms with Crippen molar-refractivity contribution >= 4 is 22.5 Å². The van der Waals surface area contributed by atoms with Gasteiger partial charge in [-0.2, -0.15) is 4.98 Å². The molecule has 0 amide bonds. The van der Waals surface area contributed by atoms with Crippen LogP contribution in [0.5, 0.6) is 5.88 Å². The van der Waals surface area contributed by atoms with Gasteiger partial charge in [-0.05, 0) is 87.0 Å². The van der Waals surface area contributed by atoms with Gasteiger partial charge in [0.2, 0.25) is 5.88 Å². The molecule has 0 atom stereocenters. The quantitative estimate of drug-likeness (QED) is 0.293. The summed E-state index contributed by atoms with van der Waals surface area (Å²) < 4.78 is 21.3. The lowest BCUT2D eigenvalue weighted by Crippen LogP contribution is -2.03. The largest absolute Gasteiger partial charge is 0.480 e. The molecule has 0 fully saturated rings. The monoisotopic (exact) mass is 467 g/mol. The van der Waals surface area contributed by atoms with E-state index in [1.165, 1.54) is 12.1 Å². The van der Waals surface area contributed by atoms with Gasteiger partial charge in [-0.3, -0.25) is 4.98 Å². The van der Waals surface area contributed by atoms with Crippen molar-refractivity contribution < 1.29 is 9.13 Å². The van der Waals surface area contributed by atoms with Crippen molar-refractivity contribution in [3.8, 4) is 28.4 Å². The molecule has 0 aliphatic heterocycles. The van der Waals surface area contributed by atoms with Crippen molar-refractivity contribution in [2.75, 3.05) is 12.4 Å². The smallest absolute Gasteiger partial charge is 0.223 e. The van der Waals surface area contributed by atoms with Crippen LogP contribution in [0.15, 0.2) is 72.9 Å². The Bertz CT molecular complexity index is 1510. The van der Waals surface area contributed by atoms with Gasteiger partial charge in [0.05, 0.1) is 18.3 Å². The highest BCUT2D eigenvalue weighted by Gasteiger charge is 2.18. The minimum atomic E-state index is -0.270. The van der Waals surface area contributed by atoms with E-state index < -0.39 is 0 Å². The molecule has 2 aromatic carbocycles. The van der Waals surface area contributed by atoms with E-state index in [4.69, 9.17) is 14.7 Å². The van der Waals surface area contributed by atoms with Crippen molar-refractivity contribution in [1.29, 1.82) is 0 Å². The van der Waals surface area contributed by atoms with Crippen LogP contribution in [0.1, 0.15) is 25.6 Å². The maximum absolute atomic E-state index is 13.5. The lowest BCUT2D eigenvalue weighted by atomic mass is 10.1. The van der Waals surface area contributed by atoms with Gasteiger partial charge in [-0.1, -0.05) is 6.07 Å². The van der Waals surface area contributed by atoms with E-state index in [2.05, 4.69) is 28.7 Å². The SMILES string of the molecule is COc1nc(Nc2cccc3c2nc(-c2ccc(F)cc2)n3C(C)C)ccc1-c1ccnc(C)c1. The molecule has 0 aliphatic rings. The summed E-state index contributed by atoms with van der Waals surface area (Å²) in [7, 11) is 1.61. The lowest BCUT2D eigenvalue weighted by Gasteiger charge is -2.14. The van der Waals surface area contributed by atoms with Crippen molar-refractivity contribution in [1.82, 2.24) is 19.5 Å².